The molecule has 17 heavy (non-hydrogen) atoms. The predicted octanol–water partition coefficient (Wildman–Crippen LogP) is 1.23. The van der Waals surface area contributed by atoms with E-state index < -0.39 is 0 Å². The second-order valence-electron chi connectivity index (χ2n) is 4.07. The number of hydrogen-bond acceptors (Lipinski definition) is 3. The van der Waals surface area contributed by atoms with Gasteiger partial charge in [0.15, 0.2) is 0 Å². The summed E-state index contributed by atoms with van der Waals surface area (Å²) in [5, 5.41) is 2.79. The van der Waals surface area contributed by atoms with Crippen molar-refractivity contribution in [3.05, 3.63) is 29.8 Å². The molecule has 0 spiro atoms. The Morgan fingerprint density at radius 1 is 1.47 bits per heavy atom. The molecule has 0 saturated carbocycles. The molecular formula is C13H20N2O2. The zero-order valence-electron chi connectivity index (χ0n) is 10.4. The molecule has 0 aliphatic heterocycles. The maximum Gasteiger partial charge on any atom is 0.223 e. The molecule has 1 aromatic rings. The maximum absolute atomic E-state index is 11.4. The number of nitrogens with one attached hydrogen (secondary N) is 1. The van der Waals surface area contributed by atoms with Gasteiger partial charge in [-0.15, -0.1) is 0 Å². The number of rotatable bonds is 6. The Bertz CT molecular complexity index is 366. The van der Waals surface area contributed by atoms with E-state index in [9.17, 15) is 4.79 Å². The number of ether oxygens (including phenoxy) is 1. The first-order chi connectivity index (χ1) is 8.13. The molecule has 1 aromatic carbocycles. The summed E-state index contributed by atoms with van der Waals surface area (Å²) in [7, 11) is 0. The van der Waals surface area contributed by atoms with Gasteiger partial charge in [-0.1, -0.05) is 18.2 Å². The molecule has 4 heteroatoms. The van der Waals surface area contributed by atoms with E-state index in [0.717, 1.165) is 11.3 Å². The van der Waals surface area contributed by atoms with Crippen molar-refractivity contribution in [2.75, 3.05) is 13.2 Å². The summed E-state index contributed by atoms with van der Waals surface area (Å²) in [6, 6.07) is 7.76. The van der Waals surface area contributed by atoms with Crippen LogP contribution < -0.4 is 15.8 Å². The Hall–Kier alpha value is -1.55. The Balaban J connectivity index is 2.29. The third kappa shape index (κ3) is 4.87. The van der Waals surface area contributed by atoms with Crippen LogP contribution in [0.25, 0.3) is 0 Å². The third-order valence-corrected chi connectivity index (χ3v) is 2.44. The third-order valence-electron chi connectivity index (χ3n) is 2.44. The fourth-order valence-corrected chi connectivity index (χ4v) is 1.38. The Morgan fingerprint density at radius 3 is 2.82 bits per heavy atom. The van der Waals surface area contributed by atoms with Crippen molar-refractivity contribution >= 4 is 5.91 Å². The monoisotopic (exact) mass is 236 g/mol. The molecule has 0 aromatic heterocycles. The SMILES string of the molecule is Cc1ccccc1OCCC(=O)NC(C)CN. The molecule has 0 aliphatic rings. The van der Waals surface area contributed by atoms with E-state index in [4.69, 9.17) is 10.5 Å². The van der Waals surface area contributed by atoms with Crippen LogP contribution in [0.2, 0.25) is 0 Å². The largest absolute Gasteiger partial charge is 0.493 e. The zero-order chi connectivity index (χ0) is 12.7. The Labute approximate surface area is 102 Å². The van der Waals surface area contributed by atoms with Crippen molar-refractivity contribution in [1.82, 2.24) is 5.32 Å². The number of benzene rings is 1. The molecule has 0 radical (unpaired) electrons. The molecule has 0 heterocycles. The summed E-state index contributed by atoms with van der Waals surface area (Å²) >= 11 is 0. The first kappa shape index (κ1) is 13.5. The molecule has 1 amide bonds. The van der Waals surface area contributed by atoms with Gasteiger partial charge in [0.1, 0.15) is 5.75 Å². The molecule has 1 unspecified atom stereocenters. The topological polar surface area (TPSA) is 64.3 Å². The van der Waals surface area contributed by atoms with Crippen LogP contribution in [0.5, 0.6) is 5.75 Å². The van der Waals surface area contributed by atoms with Crippen LogP contribution in [0.4, 0.5) is 0 Å². The molecule has 0 bridgehead atoms. The Morgan fingerprint density at radius 2 is 2.18 bits per heavy atom. The highest BCUT2D eigenvalue weighted by Gasteiger charge is 2.06. The summed E-state index contributed by atoms with van der Waals surface area (Å²) in [5.41, 5.74) is 6.49. The molecule has 0 fully saturated rings. The molecule has 1 atom stereocenters. The quantitative estimate of drug-likeness (QED) is 0.780. The number of carbonyl (C=O) groups is 1. The lowest BCUT2D eigenvalue weighted by atomic mass is 10.2. The van der Waals surface area contributed by atoms with Crippen molar-refractivity contribution in [2.24, 2.45) is 5.73 Å². The number of aryl methyl sites for hydroxylation is 1. The van der Waals surface area contributed by atoms with Crippen LogP contribution in [-0.4, -0.2) is 25.1 Å². The van der Waals surface area contributed by atoms with Gasteiger partial charge in [0, 0.05) is 12.6 Å². The van der Waals surface area contributed by atoms with E-state index in [2.05, 4.69) is 5.32 Å². The van der Waals surface area contributed by atoms with Crippen LogP contribution in [0.15, 0.2) is 24.3 Å². The summed E-state index contributed by atoms with van der Waals surface area (Å²) in [6.07, 6.45) is 0.346. The normalized spacial score (nSPS) is 11.9. The number of carbonyl (C=O) groups excluding carboxylic acids is 1. The average Bonchev–Trinajstić information content (AvgIpc) is 2.31. The van der Waals surface area contributed by atoms with Gasteiger partial charge in [0.05, 0.1) is 13.0 Å². The second-order valence-corrected chi connectivity index (χ2v) is 4.07. The van der Waals surface area contributed by atoms with E-state index in [1.54, 1.807) is 0 Å². The average molecular weight is 236 g/mol. The highest BCUT2D eigenvalue weighted by Crippen LogP contribution is 2.15. The maximum atomic E-state index is 11.4. The van der Waals surface area contributed by atoms with Crippen LogP contribution >= 0.6 is 0 Å². The fraction of sp³-hybridized carbons (Fsp3) is 0.462. The van der Waals surface area contributed by atoms with E-state index >= 15 is 0 Å². The van der Waals surface area contributed by atoms with Gasteiger partial charge in [-0.2, -0.15) is 0 Å². The van der Waals surface area contributed by atoms with Crippen LogP contribution in [0.1, 0.15) is 18.9 Å². The standard InChI is InChI=1S/C13H20N2O2/c1-10-5-3-4-6-12(10)17-8-7-13(16)15-11(2)9-14/h3-6,11H,7-9,14H2,1-2H3,(H,15,16). The summed E-state index contributed by atoms with van der Waals surface area (Å²) < 4.78 is 5.53. The van der Waals surface area contributed by atoms with Crippen molar-refractivity contribution < 1.29 is 9.53 Å². The van der Waals surface area contributed by atoms with E-state index in [-0.39, 0.29) is 11.9 Å². The Kier molecular flexibility index (Phi) is 5.49. The van der Waals surface area contributed by atoms with Gasteiger partial charge in [-0.25, -0.2) is 0 Å². The van der Waals surface area contributed by atoms with Crippen LogP contribution in [0, 0.1) is 6.92 Å². The van der Waals surface area contributed by atoms with E-state index in [1.807, 2.05) is 38.1 Å². The van der Waals surface area contributed by atoms with Gasteiger partial charge in [-0.3, -0.25) is 4.79 Å². The highest BCUT2D eigenvalue weighted by atomic mass is 16.5. The summed E-state index contributed by atoms with van der Waals surface area (Å²) in [5.74, 6) is 0.795. The van der Waals surface area contributed by atoms with Gasteiger partial charge >= 0.3 is 0 Å². The second kappa shape index (κ2) is 6.91. The first-order valence-corrected chi connectivity index (χ1v) is 5.81. The lowest BCUT2D eigenvalue weighted by Crippen LogP contribution is -2.38. The number of hydrogen-bond donors (Lipinski definition) is 2. The minimum absolute atomic E-state index is 0.0148. The molecule has 4 nitrogen and oxygen atoms in total. The van der Waals surface area contributed by atoms with Crippen molar-refractivity contribution in [3.63, 3.8) is 0 Å². The first-order valence-electron chi connectivity index (χ1n) is 5.81. The number of nitrogens with two attached hydrogens (primary N) is 1. The predicted molar refractivity (Wildman–Crippen MR) is 68.0 cm³/mol. The van der Waals surface area contributed by atoms with Crippen LogP contribution in [0.3, 0.4) is 0 Å². The molecule has 3 N–H and O–H groups in total. The molecule has 0 aliphatic carbocycles. The van der Waals surface area contributed by atoms with E-state index in [1.165, 1.54) is 0 Å². The molecule has 1 rings (SSSR count). The lowest BCUT2D eigenvalue weighted by molar-refractivity contribution is -0.122. The number of amides is 1. The highest BCUT2D eigenvalue weighted by molar-refractivity contribution is 5.76. The molecular weight excluding hydrogens is 216 g/mol. The van der Waals surface area contributed by atoms with Gasteiger partial charge < -0.3 is 15.8 Å². The summed E-state index contributed by atoms with van der Waals surface area (Å²) in [6.45, 7) is 4.68. The van der Waals surface area contributed by atoms with Crippen molar-refractivity contribution in [2.45, 2.75) is 26.3 Å². The van der Waals surface area contributed by atoms with Crippen molar-refractivity contribution in [3.8, 4) is 5.75 Å². The van der Waals surface area contributed by atoms with Gasteiger partial charge in [-0.05, 0) is 25.5 Å². The molecule has 94 valence electrons. The van der Waals surface area contributed by atoms with Gasteiger partial charge in [0.2, 0.25) is 5.91 Å². The van der Waals surface area contributed by atoms with Crippen molar-refractivity contribution in [1.29, 1.82) is 0 Å². The summed E-state index contributed by atoms with van der Waals surface area (Å²) in [4.78, 5) is 11.4. The minimum Gasteiger partial charge on any atom is -0.493 e. The molecule has 0 saturated heterocycles. The fourth-order valence-electron chi connectivity index (χ4n) is 1.38. The number of para-hydroxylation sites is 1. The lowest BCUT2D eigenvalue weighted by Gasteiger charge is -2.12. The zero-order valence-corrected chi connectivity index (χ0v) is 10.4. The minimum atomic E-state index is -0.0310. The smallest absolute Gasteiger partial charge is 0.223 e. The van der Waals surface area contributed by atoms with Gasteiger partial charge in [0.25, 0.3) is 0 Å². The van der Waals surface area contributed by atoms with Crippen LogP contribution in [-0.2, 0) is 4.79 Å². The van der Waals surface area contributed by atoms with E-state index in [0.29, 0.717) is 19.6 Å².